The van der Waals surface area contributed by atoms with Gasteiger partial charge < -0.3 is 5.32 Å². The van der Waals surface area contributed by atoms with E-state index in [-0.39, 0.29) is 0 Å². The van der Waals surface area contributed by atoms with Crippen LogP contribution in [-0.4, -0.2) is 26.0 Å². The van der Waals surface area contributed by atoms with Crippen LogP contribution < -0.4 is 5.32 Å². The predicted octanol–water partition coefficient (Wildman–Crippen LogP) is 2.26. The summed E-state index contributed by atoms with van der Waals surface area (Å²) in [5.41, 5.74) is 2.84. The van der Waals surface area contributed by atoms with Gasteiger partial charge in [0.25, 0.3) is 0 Å². The summed E-state index contributed by atoms with van der Waals surface area (Å²) in [6.45, 7) is 3.81. The van der Waals surface area contributed by atoms with Crippen molar-refractivity contribution in [1.29, 1.82) is 0 Å². The quantitative estimate of drug-likeness (QED) is 0.828. The Kier molecular flexibility index (Phi) is 2.36. The van der Waals surface area contributed by atoms with Crippen molar-refractivity contribution in [2.24, 2.45) is 0 Å². The predicted molar refractivity (Wildman–Crippen MR) is 66.3 cm³/mol. The third kappa shape index (κ3) is 2.02. The number of hydrogen-bond donors (Lipinski definition) is 1. The number of nitrogens with zero attached hydrogens (tertiary/aromatic N) is 4. The maximum Gasteiger partial charge on any atom is 0.226 e. The molecule has 0 unspecified atom stereocenters. The van der Waals surface area contributed by atoms with Gasteiger partial charge in [0, 0.05) is 6.04 Å². The van der Waals surface area contributed by atoms with Gasteiger partial charge in [0.05, 0.1) is 11.4 Å². The second-order valence-corrected chi connectivity index (χ2v) is 4.68. The fourth-order valence-electron chi connectivity index (χ4n) is 1.55. The fourth-order valence-corrected chi connectivity index (χ4v) is 1.76. The third-order valence-corrected chi connectivity index (χ3v) is 3.07. The van der Waals surface area contributed by atoms with E-state index in [0.29, 0.717) is 28.3 Å². The molecular formula is C11H12ClN5. The van der Waals surface area contributed by atoms with Crippen LogP contribution in [0.1, 0.15) is 24.2 Å². The van der Waals surface area contributed by atoms with Crippen molar-refractivity contribution in [3.8, 4) is 0 Å². The van der Waals surface area contributed by atoms with Gasteiger partial charge in [-0.15, -0.1) is 0 Å². The zero-order valence-corrected chi connectivity index (χ0v) is 10.4. The SMILES string of the molecule is Cc1nc2nc(NC3CC3)nc(Cl)c2nc1C. The van der Waals surface area contributed by atoms with Crippen LogP contribution in [0, 0.1) is 13.8 Å². The summed E-state index contributed by atoms with van der Waals surface area (Å²) in [7, 11) is 0. The Hall–Kier alpha value is -1.49. The highest BCUT2D eigenvalue weighted by atomic mass is 35.5. The van der Waals surface area contributed by atoms with E-state index in [1.54, 1.807) is 0 Å². The summed E-state index contributed by atoms with van der Waals surface area (Å²) in [4.78, 5) is 17.3. The second kappa shape index (κ2) is 3.77. The molecule has 88 valence electrons. The van der Waals surface area contributed by atoms with Crippen LogP contribution in [0.15, 0.2) is 0 Å². The smallest absolute Gasteiger partial charge is 0.226 e. The van der Waals surface area contributed by atoms with Gasteiger partial charge in [0.2, 0.25) is 5.95 Å². The van der Waals surface area contributed by atoms with Gasteiger partial charge in [-0.25, -0.2) is 9.97 Å². The molecule has 2 heterocycles. The lowest BCUT2D eigenvalue weighted by molar-refractivity contribution is 1.03. The van der Waals surface area contributed by atoms with E-state index in [1.165, 1.54) is 0 Å². The van der Waals surface area contributed by atoms with Crippen molar-refractivity contribution in [2.45, 2.75) is 32.7 Å². The molecule has 0 amide bonds. The zero-order valence-electron chi connectivity index (χ0n) is 9.66. The number of nitrogens with one attached hydrogen (secondary N) is 1. The van der Waals surface area contributed by atoms with Crippen molar-refractivity contribution < 1.29 is 0 Å². The van der Waals surface area contributed by atoms with E-state index in [4.69, 9.17) is 11.6 Å². The Morgan fingerprint density at radius 2 is 1.76 bits per heavy atom. The number of halogens is 1. The van der Waals surface area contributed by atoms with Crippen molar-refractivity contribution in [3.05, 3.63) is 16.5 Å². The molecule has 1 N–H and O–H groups in total. The number of aromatic nitrogens is 4. The van der Waals surface area contributed by atoms with E-state index in [0.717, 1.165) is 24.2 Å². The molecule has 0 atom stereocenters. The molecule has 0 aromatic carbocycles. The van der Waals surface area contributed by atoms with Gasteiger partial charge in [-0.3, -0.25) is 0 Å². The Balaban J connectivity index is 2.13. The molecule has 0 radical (unpaired) electrons. The summed E-state index contributed by atoms with van der Waals surface area (Å²) in [6, 6.07) is 0.489. The van der Waals surface area contributed by atoms with Crippen LogP contribution in [0.25, 0.3) is 11.2 Å². The van der Waals surface area contributed by atoms with Crippen molar-refractivity contribution in [3.63, 3.8) is 0 Å². The summed E-state index contributed by atoms with van der Waals surface area (Å²) >= 11 is 6.10. The average Bonchev–Trinajstić information content (AvgIpc) is 3.05. The molecule has 1 aliphatic carbocycles. The summed E-state index contributed by atoms with van der Waals surface area (Å²) in [5.74, 6) is 0.544. The Bertz CT molecular complexity index is 594. The molecule has 0 aliphatic heterocycles. The van der Waals surface area contributed by atoms with Crippen LogP contribution >= 0.6 is 11.6 Å². The molecule has 17 heavy (non-hydrogen) atoms. The minimum atomic E-state index is 0.355. The molecule has 5 nitrogen and oxygen atoms in total. The Morgan fingerprint density at radius 3 is 2.47 bits per heavy atom. The number of anilines is 1. The van der Waals surface area contributed by atoms with Crippen LogP contribution in [0.3, 0.4) is 0 Å². The molecule has 0 spiro atoms. The first-order valence-corrected chi connectivity index (χ1v) is 5.96. The number of rotatable bonds is 2. The van der Waals surface area contributed by atoms with Gasteiger partial charge in [-0.1, -0.05) is 11.6 Å². The monoisotopic (exact) mass is 249 g/mol. The Morgan fingerprint density at radius 1 is 1.06 bits per heavy atom. The minimum absolute atomic E-state index is 0.355. The van der Waals surface area contributed by atoms with E-state index in [9.17, 15) is 0 Å². The van der Waals surface area contributed by atoms with E-state index in [1.807, 2.05) is 13.8 Å². The van der Waals surface area contributed by atoms with Crippen LogP contribution in [-0.2, 0) is 0 Å². The minimum Gasteiger partial charge on any atom is -0.351 e. The summed E-state index contributed by atoms with van der Waals surface area (Å²) < 4.78 is 0. The number of fused-ring (bicyclic) bond motifs is 1. The maximum atomic E-state index is 6.10. The first-order chi connectivity index (χ1) is 8.13. The van der Waals surface area contributed by atoms with E-state index < -0.39 is 0 Å². The van der Waals surface area contributed by atoms with Gasteiger partial charge in [-0.2, -0.15) is 9.97 Å². The van der Waals surface area contributed by atoms with Gasteiger partial charge in [0.1, 0.15) is 5.52 Å². The average molecular weight is 250 g/mol. The standard InChI is InChI=1S/C11H12ClN5/c1-5-6(2)14-10-8(13-5)9(12)16-11(17-10)15-7-3-4-7/h7H,3-4H2,1-2H3,(H,14,15,16,17). The summed E-state index contributed by atoms with van der Waals surface area (Å²) in [5, 5.41) is 3.56. The van der Waals surface area contributed by atoms with Crippen molar-refractivity contribution in [1.82, 2.24) is 19.9 Å². The topological polar surface area (TPSA) is 63.6 Å². The molecule has 3 rings (SSSR count). The van der Waals surface area contributed by atoms with E-state index in [2.05, 4.69) is 25.3 Å². The van der Waals surface area contributed by atoms with Gasteiger partial charge in [0.15, 0.2) is 10.8 Å². The van der Waals surface area contributed by atoms with Crippen LogP contribution in [0.5, 0.6) is 0 Å². The van der Waals surface area contributed by atoms with Crippen molar-refractivity contribution >= 4 is 28.7 Å². The molecule has 0 bridgehead atoms. The van der Waals surface area contributed by atoms with Crippen LogP contribution in [0.4, 0.5) is 5.95 Å². The molecule has 2 aromatic heterocycles. The third-order valence-electron chi connectivity index (χ3n) is 2.81. The zero-order chi connectivity index (χ0) is 12.0. The molecule has 0 saturated heterocycles. The molecule has 1 aliphatic rings. The first kappa shape index (κ1) is 10.7. The lowest BCUT2D eigenvalue weighted by Crippen LogP contribution is -2.07. The normalized spacial score (nSPS) is 15.2. The highest BCUT2D eigenvalue weighted by molar-refractivity contribution is 6.33. The lowest BCUT2D eigenvalue weighted by atomic mass is 10.3. The number of aryl methyl sites for hydroxylation is 2. The second-order valence-electron chi connectivity index (χ2n) is 4.32. The lowest BCUT2D eigenvalue weighted by Gasteiger charge is -2.06. The first-order valence-electron chi connectivity index (χ1n) is 5.58. The maximum absolute atomic E-state index is 6.10. The van der Waals surface area contributed by atoms with Crippen LogP contribution in [0.2, 0.25) is 5.15 Å². The highest BCUT2D eigenvalue weighted by Gasteiger charge is 2.22. The van der Waals surface area contributed by atoms with Crippen molar-refractivity contribution in [2.75, 3.05) is 5.32 Å². The van der Waals surface area contributed by atoms with Gasteiger partial charge in [-0.05, 0) is 26.7 Å². The largest absolute Gasteiger partial charge is 0.351 e. The molecule has 1 saturated carbocycles. The molecule has 2 aromatic rings. The molecule has 6 heteroatoms. The highest BCUT2D eigenvalue weighted by Crippen LogP contribution is 2.25. The Labute approximate surface area is 104 Å². The molecular weight excluding hydrogens is 238 g/mol. The number of hydrogen-bond acceptors (Lipinski definition) is 5. The summed E-state index contributed by atoms with van der Waals surface area (Å²) in [6.07, 6.45) is 2.33. The fraction of sp³-hybridized carbons (Fsp3) is 0.455. The van der Waals surface area contributed by atoms with Gasteiger partial charge >= 0.3 is 0 Å². The van der Waals surface area contributed by atoms with E-state index >= 15 is 0 Å². The molecule has 1 fully saturated rings.